The van der Waals surface area contributed by atoms with Crippen molar-refractivity contribution in [1.29, 1.82) is 0 Å². The molecule has 0 spiro atoms. The fraction of sp³-hybridized carbons (Fsp3) is 0.200. The van der Waals surface area contributed by atoms with Crippen molar-refractivity contribution in [2.24, 2.45) is 0 Å². The molecular weight excluding hydrogens is 296 g/mol. The van der Waals surface area contributed by atoms with Gasteiger partial charge in [0.25, 0.3) is 0 Å². The number of H-pyrrole nitrogens is 1. The van der Waals surface area contributed by atoms with Crippen LogP contribution in [-0.2, 0) is 6.42 Å². The molecule has 1 unspecified atom stereocenters. The van der Waals surface area contributed by atoms with Crippen LogP contribution in [0.25, 0.3) is 21.9 Å². The summed E-state index contributed by atoms with van der Waals surface area (Å²) in [4.78, 5) is 13.0. The van der Waals surface area contributed by atoms with Crippen LogP contribution in [0.5, 0.6) is 0 Å². The third-order valence-corrected chi connectivity index (χ3v) is 4.87. The predicted molar refractivity (Wildman–Crippen MR) is 96.1 cm³/mol. The van der Waals surface area contributed by atoms with Crippen LogP contribution in [-0.4, -0.2) is 21.5 Å². The molecule has 118 valence electrons. The first-order valence-corrected chi connectivity index (χ1v) is 8.36. The summed E-state index contributed by atoms with van der Waals surface area (Å²) in [6, 6.07) is 14.7. The van der Waals surface area contributed by atoms with Gasteiger partial charge in [-0.1, -0.05) is 23.8 Å². The third-order valence-electron chi connectivity index (χ3n) is 4.87. The van der Waals surface area contributed by atoms with E-state index < -0.39 is 0 Å². The number of para-hydroxylation sites is 2. The first kappa shape index (κ1) is 13.7. The van der Waals surface area contributed by atoms with Crippen LogP contribution in [0.15, 0.2) is 48.7 Å². The molecule has 4 nitrogen and oxygen atoms in total. The summed E-state index contributed by atoms with van der Waals surface area (Å²) >= 11 is 0. The van der Waals surface area contributed by atoms with E-state index >= 15 is 0 Å². The Balaban J connectivity index is 1.69. The molecule has 1 aliphatic rings. The summed E-state index contributed by atoms with van der Waals surface area (Å²) in [6.45, 7) is 3.10. The topological polar surface area (TPSA) is 53.6 Å². The van der Waals surface area contributed by atoms with E-state index in [1.165, 1.54) is 27.7 Å². The van der Waals surface area contributed by atoms with E-state index in [0.29, 0.717) is 0 Å². The second-order valence-corrected chi connectivity index (χ2v) is 6.49. The van der Waals surface area contributed by atoms with Gasteiger partial charge in [-0.3, -0.25) is 4.98 Å². The van der Waals surface area contributed by atoms with E-state index in [-0.39, 0.29) is 6.04 Å². The molecule has 2 aromatic carbocycles. The lowest BCUT2D eigenvalue weighted by Gasteiger charge is -2.24. The second-order valence-electron chi connectivity index (χ2n) is 6.49. The van der Waals surface area contributed by atoms with Crippen molar-refractivity contribution in [3.63, 3.8) is 0 Å². The van der Waals surface area contributed by atoms with Crippen molar-refractivity contribution < 1.29 is 0 Å². The number of aryl methyl sites for hydroxylation is 1. The van der Waals surface area contributed by atoms with Crippen molar-refractivity contribution in [3.05, 3.63) is 71.2 Å². The Morgan fingerprint density at radius 2 is 1.96 bits per heavy atom. The highest BCUT2D eigenvalue weighted by Gasteiger charge is 2.26. The van der Waals surface area contributed by atoms with Crippen LogP contribution in [0, 0.1) is 6.92 Å². The number of aromatic amines is 1. The molecule has 0 amide bonds. The molecule has 0 fully saturated rings. The average Bonchev–Trinajstić information content (AvgIpc) is 2.99. The highest BCUT2D eigenvalue weighted by molar-refractivity contribution is 5.86. The lowest BCUT2D eigenvalue weighted by molar-refractivity contribution is 0.549. The summed E-state index contributed by atoms with van der Waals surface area (Å²) in [6.07, 6.45) is 2.93. The minimum atomic E-state index is 0.0681. The zero-order valence-electron chi connectivity index (χ0n) is 13.5. The minimum Gasteiger partial charge on any atom is -0.357 e. The van der Waals surface area contributed by atoms with Crippen LogP contribution >= 0.6 is 0 Å². The summed E-state index contributed by atoms with van der Waals surface area (Å²) < 4.78 is 0. The van der Waals surface area contributed by atoms with Gasteiger partial charge in [0, 0.05) is 23.1 Å². The van der Waals surface area contributed by atoms with Gasteiger partial charge in [0.05, 0.1) is 29.0 Å². The molecule has 3 heterocycles. The monoisotopic (exact) mass is 314 g/mol. The normalized spacial score (nSPS) is 17.3. The average molecular weight is 314 g/mol. The molecule has 0 aliphatic carbocycles. The molecular formula is C20H18N4. The molecule has 4 heteroatoms. The minimum absolute atomic E-state index is 0.0681. The van der Waals surface area contributed by atoms with E-state index in [9.17, 15) is 0 Å². The molecule has 4 aromatic rings. The third kappa shape index (κ3) is 2.03. The number of rotatable bonds is 1. The number of hydrogen-bond acceptors (Lipinski definition) is 3. The Bertz CT molecular complexity index is 1060. The van der Waals surface area contributed by atoms with Gasteiger partial charge < -0.3 is 10.3 Å². The molecule has 1 aliphatic heterocycles. The maximum atomic E-state index is 4.84. The van der Waals surface area contributed by atoms with Gasteiger partial charge in [0.15, 0.2) is 0 Å². The lowest BCUT2D eigenvalue weighted by Crippen LogP contribution is -2.31. The Hall–Kier alpha value is -2.72. The zero-order chi connectivity index (χ0) is 16.1. The summed E-state index contributed by atoms with van der Waals surface area (Å²) in [5, 5.41) is 4.94. The fourth-order valence-electron chi connectivity index (χ4n) is 3.70. The van der Waals surface area contributed by atoms with Crippen molar-refractivity contribution in [3.8, 4) is 0 Å². The summed E-state index contributed by atoms with van der Waals surface area (Å²) in [5.74, 6) is 0. The van der Waals surface area contributed by atoms with E-state index in [2.05, 4.69) is 40.4 Å². The molecule has 2 N–H and O–H groups in total. The zero-order valence-corrected chi connectivity index (χ0v) is 13.5. The van der Waals surface area contributed by atoms with Crippen molar-refractivity contribution in [2.75, 3.05) is 6.54 Å². The van der Waals surface area contributed by atoms with Crippen molar-refractivity contribution >= 4 is 21.9 Å². The van der Waals surface area contributed by atoms with Crippen LogP contribution in [0.2, 0.25) is 0 Å². The summed E-state index contributed by atoms with van der Waals surface area (Å²) in [5.41, 5.74) is 7.98. The predicted octanol–water partition coefficient (Wildman–Crippen LogP) is 3.65. The number of nitrogens with one attached hydrogen (secondary N) is 2. The van der Waals surface area contributed by atoms with E-state index in [0.717, 1.165) is 29.7 Å². The highest BCUT2D eigenvalue weighted by atomic mass is 15.0. The number of fused-ring (bicyclic) bond motifs is 4. The fourth-order valence-corrected chi connectivity index (χ4v) is 3.70. The number of aromatic nitrogens is 3. The Kier molecular flexibility index (Phi) is 2.94. The molecule has 0 radical (unpaired) electrons. The van der Waals surface area contributed by atoms with Gasteiger partial charge in [-0.15, -0.1) is 0 Å². The molecule has 0 bridgehead atoms. The number of benzene rings is 2. The van der Waals surface area contributed by atoms with E-state index in [1.807, 2.05) is 30.5 Å². The van der Waals surface area contributed by atoms with E-state index in [1.54, 1.807) is 0 Å². The smallest absolute Gasteiger partial charge is 0.0922 e. The van der Waals surface area contributed by atoms with Gasteiger partial charge in [-0.05, 0) is 43.2 Å². The van der Waals surface area contributed by atoms with Gasteiger partial charge in [-0.2, -0.15) is 0 Å². The lowest BCUT2D eigenvalue weighted by atomic mass is 9.97. The Morgan fingerprint density at radius 3 is 2.88 bits per heavy atom. The van der Waals surface area contributed by atoms with Gasteiger partial charge in [0.1, 0.15) is 0 Å². The van der Waals surface area contributed by atoms with Crippen LogP contribution in [0.1, 0.15) is 28.6 Å². The summed E-state index contributed by atoms with van der Waals surface area (Å²) in [7, 11) is 0. The Labute approximate surface area is 140 Å². The molecule has 0 saturated heterocycles. The largest absolute Gasteiger partial charge is 0.357 e. The quantitative estimate of drug-likeness (QED) is 0.564. The second kappa shape index (κ2) is 5.14. The number of nitrogens with zero attached hydrogens (tertiary/aromatic N) is 2. The standard InChI is InChI=1S/C20H18N4/c1-12-6-7-15-14(10-12)13-8-9-21-20(19(13)24-15)18-11-22-16-4-2-3-5-17(16)23-18/h2-7,10-11,20-21,24H,8-9H2,1H3. The van der Waals surface area contributed by atoms with Crippen LogP contribution < -0.4 is 5.32 Å². The van der Waals surface area contributed by atoms with Gasteiger partial charge in [-0.25, -0.2) is 4.98 Å². The van der Waals surface area contributed by atoms with Crippen LogP contribution in [0.4, 0.5) is 0 Å². The molecule has 24 heavy (non-hydrogen) atoms. The maximum Gasteiger partial charge on any atom is 0.0922 e. The highest BCUT2D eigenvalue weighted by Crippen LogP contribution is 2.33. The SMILES string of the molecule is Cc1ccc2[nH]c3c(c2c1)CCNC3c1cnc2ccccc2n1. The number of hydrogen-bond donors (Lipinski definition) is 2. The molecule has 1 atom stereocenters. The molecule has 0 saturated carbocycles. The maximum absolute atomic E-state index is 4.84. The van der Waals surface area contributed by atoms with Crippen molar-refractivity contribution in [1.82, 2.24) is 20.3 Å². The Morgan fingerprint density at radius 1 is 1.08 bits per heavy atom. The first-order chi connectivity index (χ1) is 11.8. The van der Waals surface area contributed by atoms with Gasteiger partial charge >= 0.3 is 0 Å². The first-order valence-electron chi connectivity index (χ1n) is 8.36. The van der Waals surface area contributed by atoms with Gasteiger partial charge in [0.2, 0.25) is 0 Å². The molecule has 2 aromatic heterocycles. The van der Waals surface area contributed by atoms with Crippen molar-refractivity contribution in [2.45, 2.75) is 19.4 Å². The van der Waals surface area contributed by atoms with E-state index in [4.69, 9.17) is 4.98 Å². The van der Waals surface area contributed by atoms with Crippen LogP contribution in [0.3, 0.4) is 0 Å². The molecule has 5 rings (SSSR count).